The lowest BCUT2D eigenvalue weighted by Gasteiger charge is -2.28. The van der Waals surface area contributed by atoms with E-state index >= 15 is 0 Å². The predicted octanol–water partition coefficient (Wildman–Crippen LogP) is 2.30. The Morgan fingerprint density at radius 2 is 1.77 bits per heavy atom. The summed E-state index contributed by atoms with van der Waals surface area (Å²) in [7, 11) is -3.62. The molecule has 1 amide bonds. The zero-order chi connectivity index (χ0) is 22.4. The first-order valence-electron chi connectivity index (χ1n) is 10.5. The van der Waals surface area contributed by atoms with Gasteiger partial charge in [-0.3, -0.25) is 14.0 Å². The molecule has 1 aliphatic rings. The Bertz CT molecular complexity index is 986. The summed E-state index contributed by atoms with van der Waals surface area (Å²) in [5.74, 6) is -0.343. The van der Waals surface area contributed by atoms with Crippen molar-refractivity contribution in [1.29, 1.82) is 0 Å². The fourth-order valence-electron chi connectivity index (χ4n) is 3.69. The highest BCUT2D eigenvalue weighted by Crippen LogP contribution is 2.22. The minimum Gasteiger partial charge on any atom is -0.379 e. The van der Waals surface area contributed by atoms with Crippen molar-refractivity contribution in [1.82, 2.24) is 10.2 Å². The molecule has 0 spiro atoms. The molecule has 2 aromatic carbocycles. The quantitative estimate of drug-likeness (QED) is 0.675. The number of carbonyl (C=O) groups is 1. The van der Waals surface area contributed by atoms with E-state index in [4.69, 9.17) is 4.74 Å². The summed E-state index contributed by atoms with van der Waals surface area (Å²) in [6.45, 7) is 8.13. The zero-order valence-corrected chi connectivity index (χ0v) is 19.2. The molecule has 0 bridgehead atoms. The summed E-state index contributed by atoms with van der Waals surface area (Å²) in [5, 5.41) is 2.86. The van der Waals surface area contributed by atoms with E-state index in [-0.39, 0.29) is 5.91 Å². The molecule has 1 N–H and O–H groups in total. The number of amides is 1. The lowest BCUT2D eigenvalue weighted by molar-refractivity contribution is -0.122. The third-order valence-corrected chi connectivity index (χ3v) is 6.59. The molecular formula is C23H31N3O4S. The van der Waals surface area contributed by atoms with Crippen LogP contribution in [0.5, 0.6) is 0 Å². The first kappa shape index (κ1) is 23.2. The highest BCUT2D eigenvalue weighted by Gasteiger charge is 2.29. The zero-order valence-electron chi connectivity index (χ0n) is 18.4. The second-order valence-electron chi connectivity index (χ2n) is 8.00. The van der Waals surface area contributed by atoms with Crippen LogP contribution in [-0.2, 0) is 32.6 Å². The molecule has 8 heteroatoms. The van der Waals surface area contributed by atoms with Crippen LogP contribution in [0.2, 0.25) is 0 Å². The molecule has 1 aliphatic heterocycles. The third kappa shape index (κ3) is 6.53. The van der Waals surface area contributed by atoms with Gasteiger partial charge in [0, 0.05) is 26.2 Å². The van der Waals surface area contributed by atoms with E-state index in [0.29, 0.717) is 12.2 Å². The Morgan fingerprint density at radius 3 is 2.39 bits per heavy atom. The Hall–Kier alpha value is -2.42. The summed E-state index contributed by atoms with van der Waals surface area (Å²) < 4.78 is 31.3. The number of hydrogen-bond donors (Lipinski definition) is 1. The highest BCUT2D eigenvalue weighted by molar-refractivity contribution is 7.92. The molecule has 0 aromatic heterocycles. The van der Waals surface area contributed by atoms with Crippen LogP contribution in [0.3, 0.4) is 0 Å². The van der Waals surface area contributed by atoms with Crippen LogP contribution >= 0.6 is 0 Å². The summed E-state index contributed by atoms with van der Waals surface area (Å²) in [4.78, 5) is 15.1. The number of rotatable bonds is 8. The van der Waals surface area contributed by atoms with Gasteiger partial charge in [0.25, 0.3) is 0 Å². The first-order valence-corrected chi connectivity index (χ1v) is 12.3. The van der Waals surface area contributed by atoms with Gasteiger partial charge in [0.15, 0.2) is 0 Å². The minimum absolute atomic E-state index is 0.340. The topological polar surface area (TPSA) is 79.0 Å². The van der Waals surface area contributed by atoms with Crippen molar-refractivity contribution < 1.29 is 17.9 Å². The molecule has 7 nitrogen and oxygen atoms in total. The smallest absolute Gasteiger partial charge is 0.243 e. The number of anilines is 1. The molecule has 3 rings (SSSR count). The maximum atomic E-state index is 12.8. The van der Waals surface area contributed by atoms with Crippen molar-refractivity contribution in [2.45, 2.75) is 33.0 Å². The minimum atomic E-state index is -3.62. The fraction of sp³-hybridized carbons (Fsp3) is 0.435. The van der Waals surface area contributed by atoms with E-state index in [1.54, 1.807) is 25.1 Å². The molecule has 1 saturated heterocycles. The van der Waals surface area contributed by atoms with Crippen molar-refractivity contribution in [3.8, 4) is 0 Å². The predicted molar refractivity (Wildman–Crippen MR) is 122 cm³/mol. The van der Waals surface area contributed by atoms with Gasteiger partial charge in [0.2, 0.25) is 15.9 Å². The maximum absolute atomic E-state index is 12.8. The average molecular weight is 446 g/mol. The number of hydrogen-bond acceptors (Lipinski definition) is 5. The van der Waals surface area contributed by atoms with Crippen molar-refractivity contribution >= 4 is 21.6 Å². The van der Waals surface area contributed by atoms with Gasteiger partial charge in [-0.1, -0.05) is 36.4 Å². The van der Waals surface area contributed by atoms with Crippen LogP contribution in [0.1, 0.15) is 23.6 Å². The Labute approximate surface area is 185 Å². The molecule has 0 saturated carbocycles. The second-order valence-corrected chi connectivity index (χ2v) is 9.86. The molecule has 0 radical (unpaired) electrons. The van der Waals surface area contributed by atoms with Crippen LogP contribution in [0.15, 0.2) is 48.5 Å². The van der Waals surface area contributed by atoms with Gasteiger partial charge in [-0.25, -0.2) is 8.42 Å². The standard InChI is InChI=1S/C23H31N3O4S/c1-18-5-4-6-22(15-18)26(31(3,28)29)19(2)23(27)24-16-20-7-9-21(10-8-20)17-25-11-13-30-14-12-25/h4-10,15,19H,11-14,16-17H2,1-3H3,(H,24,27)/t19-/m1/s1. The van der Waals surface area contributed by atoms with Crippen LogP contribution in [0, 0.1) is 6.92 Å². The molecular weight excluding hydrogens is 414 g/mol. The molecule has 0 aliphatic carbocycles. The average Bonchev–Trinajstić information content (AvgIpc) is 2.73. The number of nitrogens with zero attached hydrogens (tertiary/aromatic N) is 2. The summed E-state index contributed by atoms with van der Waals surface area (Å²) >= 11 is 0. The highest BCUT2D eigenvalue weighted by atomic mass is 32.2. The van der Waals surface area contributed by atoms with Crippen molar-refractivity contribution in [2.24, 2.45) is 0 Å². The largest absolute Gasteiger partial charge is 0.379 e. The Balaban J connectivity index is 1.60. The number of sulfonamides is 1. The van der Waals surface area contributed by atoms with Crippen LogP contribution in [0.25, 0.3) is 0 Å². The number of nitrogens with one attached hydrogen (secondary N) is 1. The summed E-state index contributed by atoms with van der Waals surface area (Å²) in [6.07, 6.45) is 1.12. The number of morpholine rings is 1. The van der Waals surface area contributed by atoms with Gasteiger partial charge in [0.05, 0.1) is 25.2 Å². The van der Waals surface area contributed by atoms with Crippen molar-refractivity contribution in [2.75, 3.05) is 36.9 Å². The van der Waals surface area contributed by atoms with Crippen molar-refractivity contribution in [3.05, 3.63) is 65.2 Å². The van der Waals surface area contributed by atoms with Crippen molar-refractivity contribution in [3.63, 3.8) is 0 Å². The number of benzene rings is 2. The number of carbonyl (C=O) groups excluding carboxylic acids is 1. The molecule has 1 heterocycles. The van der Waals surface area contributed by atoms with Gasteiger partial charge in [0.1, 0.15) is 6.04 Å². The second kappa shape index (κ2) is 10.3. The van der Waals surface area contributed by atoms with Gasteiger partial charge in [-0.2, -0.15) is 0 Å². The Morgan fingerprint density at radius 1 is 1.13 bits per heavy atom. The SMILES string of the molecule is Cc1cccc(N([C@H](C)C(=O)NCc2ccc(CN3CCOCC3)cc2)S(C)(=O)=O)c1. The summed E-state index contributed by atoms with van der Waals surface area (Å²) in [6, 6.07) is 14.4. The third-order valence-electron chi connectivity index (χ3n) is 5.34. The van der Waals surface area contributed by atoms with Gasteiger partial charge in [-0.15, -0.1) is 0 Å². The van der Waals surface area contributed by atoms with E-state index in [0.717, 1.165) is 50.2 Å². The van der Waals surface area contributed by atoms with Crippen LogP contribution < -0.4 is 9.62 Å². The van der Waals surface area contributed by atoms with E-state index in [2.05, 4.69) is 22.3 Å². The Kier molecular flexibility index (Phi) is 7.69. The number of ether oxygens (including phenoxy) is 1. The van der Waals surface area contributed by atoms with Gasteiger partial charge >= 0.3 is 0 Å². The number of aryl methyl sites for hydroxylation is 1. The molecule has 2 aromatic rings. The van der Waals surface area contributed by atoms with Crippen LogP contribution in [-0.4, -0.2) is 57.8 Å². The molecule has 168 valence electrons. The fourth-order valence-corrected chi connectivity index (χ4v) is 4.86. The maximum Gasteiger partial charge on any atom is 0.243 e. The van der Waals surface area contributed by atoms with E-state index in [9.17, 15) is 13.2 Å². The summed E-state index contributed by atoms with van der Waals surface area (Å²) in [5.41, 5.74) is 3.59. The van der Waals surface area contributed by atoms with Crippen LogP contribution in [0.4, 0.5) is 5.69 Å². The van der Waals surface area contributed by atoms with E-state index in [1.807, 2.05) is 25.1 Å². The van der Waals surface area contributed by atoms with E-state index < -0.39 is 16.1 Å². The monoisotopic (exact) mass is 445 g/mol. The molecule has 0 unspecified atom stereocenters. The first-order chi connectivity index (χ1) is 14.7. The van der Waals surface area contributed by atoms with Gasteiger partial charge in [-0.05, 0) is 42.7 Å². The lowest BCUT2D eigenvalue weighted by atomic mass is 10.1. The van der Waals surface area contributed by atoms with Gasteiger partial charge < -0.3 is 10.1 Å². The molecule has 31 heavy (non-hydrogen) atoms. The molecule has 1 fully saturated rings. The normalized spacial score (nSPS) is 16.0. The van der Waals surface area contributed by atoms with E-state index in [1.165, 1.54) is 9.87 Å². The lowest BCUT2D eigenvalue weighted by Crippen LogP contribution is -2.47. The molecule has 1 atom stereocenters.